The molecule has 0 spiro atoms. The molecule has 1 aromatic heterocycles. The molecule has 1 aliphatic rings. The van der Waals surface area contributed by atoms with Gasteiger partial charge in [0, 0.05) is 48.8 Å². The second-order valence-corrected chi connectivity index (χ2v) is 7.28. The molecule has 1 N–H and O–H groups in total. The first-order valence-electron chi connectivity index (χ1n) is 9.62. The van der Waals surface area contributed by atoms with Crippen molar-refractivity contribution >= 4 is 22.7 Å². The molecule has 8 heteroatoms. The number of fused-ring (bicyclic) bond motifs is 1. The molecule has 0 unspecified atom stereocenters. The lowest BCUT2D eigenvalue weighted by atomic mass is 10.1. The molecule has 30 heavy (non-hydrogen) atoms. The third kappa shape index (κ3) is 4.03. The van der Waals surface area contributed by atoms with Gasteiger partial charge in [0.05, 0.1) is 12.0 Å². The maximum Gasteiger partial charge on any atom is 0.416 e. The van der Waals surface area contributed by atoms with Crippen molar-refractivity contribution in [2.24, 2.45) is 0 Å². The zero-order valence-electron chi connectivity index (χ0n) is 16.1. The molecule has 2 amide bonds. The average molecular weight is 415 g/mol. The molecule has 0 aliphatic carbocycles. The molecule has 0 bridgehead atoms. The van der Waals surface area contributed by atoms with Gasteiger partial charge in [-0.1, -0.05) is 18.2 Å². The van der Waals surface area contributed by atoms with Crippen LogP contribution in [0.4, 0.5) is 13.2 Å². The Hall–Kier alpha value is -3.29. The van der Waals surface area contributed by atoms with Crippen LogP contribution in [0.2, 0.25) is 0 Å². The van der Waals surface area contributed by atoms with Crippen LogP contribution in [0.5, 0.6) is 0 Å². The summed E-state index contributed by atoms with van der Waals surface area (Å²) in [6.45, 7) is 1.49. The standard InChI is InChI=1S/C22H20F3N3O2/c23-22(24,25)17-7-5-15(6-8-17)21(30)28-11-9-27(10-12-28)20(29)13-16-14-26-19-4-2-1-3-18(16)19/h1-8,14,26H,9-13H2. The molecule has 1 aliphatic heterocycles. The first-order chi connectivity index (χ1) is 14.3. The molecule has 0 saturated carbocycles. The molecule has 3 aromatic rings. The van der Waals surface area contributed by atoms with Crippen LogP contribution in [0.15, 0.2) is 54.7 Å². The Kier molecular flexibility index (Phi) is 5.24. The molecule has 156 valence electrons. The summed E-state index contributed by atoms with van der Waals surface area (Å²) in [5, 5.41) is 1.02. The van der Waals surface area contributed by atoms with Crippen molar-refractivity contribution in [3.05, 3.63) is 71.4 Å². The maximum atomic E-state index is 12.7. The van der Waals surface area contributed by atoms with Gasteiger partial charge in [-0.3, -0.25) is 9.59 Å². The quantitative estimate of drug-likeness (QED) is 0.709. The van der Waals surface area contributed by atoms with E-state index in [1.165, 1.54) is 12.1 Å². The van der Waals surface area contributed by atoms with E-state index in [0.29, 0.717) is 26.2 Å². The van der Waals surface area contributed by atoms with Crippen LogP contribution in [0.25, 0.3) is 10.9 Å². The fourth-order valence-corrected chi connectivity index (χ4v) is 3.70. The molecule has 2 aromatic carbocycles. The smallest absolute Gasteiger partial charge is 0.361 e. The number of benzene rings is 2. The number of hydrogen-bond acceptors (Lipinski definition) is 2. The maximum absolute atomic E-state index is 12.7. The van der Waals surface area contributed by atoms with E-state index in [9.17, 15) is 22.8 Å². The normalized spacial score (nSPS) is 14.9. The zero-order valence-corrected chi connectivity index (χ0v) is 16.1. The van der Waals surface area contributed by atoms with Crippen molar-refractivity contribution < 1.29 is 22.8 Å². The fraction of sp³-hybridized carbons (Fsp3) is 0.273. The van der Waals surface area contributed by atoms with E-state index in [4.69, 9.17) is 0 Å². The fourth-order valence-electron chi connectivity index (χ4n) is 3.70. The van der Waals surface area contributed by atoms with Gasteiger partial charge in [-0.05, 0) is 35.9 Å². The Morgan fingerprint density at radius 3 is 2.20 bits per heavy atom. The summed E-state index contributed by atoms with van der Waals surface area (Å²) in [4.78, 5) is 31.7. The van der Waals surface area contributed by atoms with Crippen molar-refractivity contribution in [1.29, 1.82) is 0 Å². The minimum atomic E-state index is -4.43. The van der Waals surface area contributed by atoms with Crippen LogP contribution in [-0.4, -0.2) is 52.8 Å². The van der Waals surface area contributed by atoms with Crippen LogP contribution >= 0.6 is 0 Å². The SMILES string of the molecule is O=C(Cc1c[nH]c2ccccc12)N1CCN(C(=O)c2ccc(C(F)(F)F)cc2)CC1. The van der Waals surface area contributed by atoms with Gasteiger partial charge in [-0.15, -0.1) is 0 Å². The number of rotatable bonds is 3. The highest BCUT2D eigenvalue weighted by molar-refractivity contribution is 5.94. The zero-order chi connectivity index (χ0) is 21.3. The van der Waals surface area contributed by atoms with Crippen LogP contribution in [0.1, 0.15) is 21.5 Å². The lowest BCUT2D eigenvalue weighted by molar-refractivity contribution is -0.137. The Bertz CT molecular complexity index is 1070. The summed E-state index contributed by atoms with van der Waals surface area (Å²) in [7, 11) is 0. The topological polar surface area (TPSA) is 56.4 Å². The number of carbonyl (C=O) groups excluding carboxylic acids is 2. The first kappa shape index (κ1) is 20.0. The third-order valence-corrected chi connectivity index (χ3v) is 5.40. The summed E-state index contributed by atoms with van der Waals surface area (Å²) < 4.78 is 38.0. The predicted molar refractivity (Wildman–Crippen MR) is 106 cm³/mol. The third-order valence-electron chi connectivity index (χ3n) is 5.40. The van der Waals surface area contributed by atoms with Crippen LogP contribution in [0.3, 0.4) is 0 Å². The number of halogens is 3. The second kappa shape index (κ2) is 7.85. The van der Waals surface area contributed by atoms with Gasteiger partial charge in [0.1, 0.15) is 0 Å². The van der Waals surface area contributed by atoms with Gasteiger partial charge in [0.2, 0.25) is 5.91 Å². The van der Waals surface area contributed by atoms with E-state index in [1.807, 2.05) is 30.5 Å². The van der Waals surface area contributed by atoms with Crippen molar-refractivity contribution in [3.63, 3.8) is 0 Å². The van der Waals surface area contributed by atoms with Crippen LogP contribution in [0, 0.1) is 0 Å². The van der Waals surface area contributed by atoms with Gasteiger partial charge in [-0.2, -0.15) is 13.2 Å². The summed E-state index contributed by atoms with van der Waals surface area (Å²) in [5.41, 5.74) is 1.33. The van der Waals surface area contributed by atoms with Gasteiger partial charge in [0.25, 0.3) is 5.91 Å². The van der Waals surface area contributed by atoms with Gasteiger partial charge < -0.3 is 14.8 Å². The van der Waals surface area contributed by atoms with Crippen molar-refractivity contribution in [3.8, 4) is 0 Å². The van der Waals surface area contributed by atoms with Crippen LogP contribution < -0.4 is 0 Å². The highest BCUT2D eigenvalue weighted by Crippen LogP contribution is 2.29. The lowest BCUT2D eigenvalue weighted by Gasteiger charge is -2.35. The van der Waals surface area contributed by atoms with E-state index < -0.39 is 11.7 Å². The molecular formula is C22H20F3N3O2. The minimum Gasteiger partial charge on any atom is -0.361 e. The van der Waals surface area contributed by atoms with Gasteiger partial charge in [0.15, 0.2) is 0 Å². The first-order valence-corrected chi connectivity index (χ1v) is 9.62. The number of nitrogens with zero attached hydrogens (tertiary/aromatic N) is 2. The number of piperazine rings is 1. The highest BCUT2D eigenvalue weighted by Gasteiger charge is 2.31. The lowest BCUT2D eigenvalue weighted by Crippen LogP contribution is -2.51. The van der Waals surface area contributed by atoms with Crippen molar-refractivity contribution in [2.45, 2.75) is 12.6 Å². The van der Waals surface area contributed by atoms with E-state index in [-0.39, 0.29) is 23.8 Å². The summed E-state index contributed by atoms with van der Waals surface area (Å²) in [5.74, 6) is -0.339. The minimum absolute atomic E-state index is 0.0126. The number of alkyl halides is 3. The number of aromatic amines is 1. The van der Waals surface area contributed by atoms with Crippen molar-refractivity contribution in [1.82, 2.24) is 14.8 Å². The van der Waals surface area contributed by atoms with Gasteiger partial charge >= 0.3 is 6.18 Å². The van der Waals surface area contributed by atoms with Crippen molar-refractivity contribution in [2.75, 3.05) is 26.2 Å². The van der Waals surface area contributed by atoms with E-state index in [1.54, 1.807) is 9.80 Å². The summed E-state index contributed by atoms with van der Waals surface area (Å²) in [6, 6.07) is 12.0. The Balaban J connectivity index is 1.35. The Labute approximate surface area is 171 Å². The predicted octanol–water partition coefficient (Wildman–Crippen LogP) is 3.71. The highest BCUT2D eigenvalue weighted by atomic mass is 19.4. The molecule has 0 radical (unpaired) electrons. The van der Waals surface area contributed by atoms with Crippen LogP contribution in [-0.2, 0) is 17.4 Å². The Morgan fingerprint density at radius 1 is 0.900 bits per heavy atom. The number of para-hydroxylation sites is 1. The number of hydrogen-bond donors (Lipinski definition) is 1. The molecule has 2 heterocycles. The molecule has 1 fully saturated rings. The monoisotopic (exact) mass is 415 g/mol. The number of nitrogens with one attached hydrogen (secondary N) is 1. The molecule has 1 saturated heterocycles. The number of amides is 2. The Morgan fingerprint density at radius 2 is 1.53 bits per heavy atom. The number of aromatic nitrogens is 1. The molecule has 4 rings (SSSR count). The van der Waals surface area contributed by atoms with E-state index in [2.05, 4.69) is 4.98 Å². The largest absolute Gasteiger partial charge is 0.416 e. The molecule has 0 atom stereocenters. The molecular weight excluding hydrogens is 395 g/mol. The number of carbonyl (C=O) groups is 2. The average Bonchev–Trinajstić information content (AvgIpc) is 3.16. The second-order valence-electron chi connectivity index (χ2n) is 7.28. The van der Waals surface area contributed by atoms with Gasteiger partial charge in [-0.25, -0.2) is 0 Å². The summed E-state index contributed by atoms with van der Waals surface area (Å²) in [6.07, 6.45) is -2.32. The van der Waals surface area contributed by atoms with E-state index in [0.717, 1.165) is 28.6 Å². The molecule has 5 nitrogen and oxygen atoms in total. The number of H-pyrrole nitrogens is 1. The van der Waals surface area contributed by atoms with E-state index >= 15 is 0 Å². The summed E-state index contributed by atoms with van der Waals surface area (Å²) >= 11 is 0.